The van der Waals surface area contributed by atoms with Gasteiger partial charge in [0.25, 0.3) is 0 Å². The highest BCUT2D eigenvalue weighted by atomic mass is 31.2. The molecule has 0 unspecified atom stereocenters. The zero-order chi connectivity index (χ0) is 16.8. The molecule has 6 N–H and O–H groups in total. The van der Waals surface area contributed by atoms with Gasteiger partial charge in [0.1, 0.15) is 24.6 Å². The second kappa shape index (κ2) is 8.17. The highest BCUT2D eigenvalue weighted by Gasteiger charge is 2.44. The Kier molecular flexibility index (Phi) is 6.86. The number of hydrogen-bond acceptors (Lipinski definition) is 7. The second-order valence-electron chi connectivity index (χ2n) is 4.59. The Bertz CT molecular complexity index is 518. The van der Waals surface area contributed by atoms with E-state index in [9.17, 15) is 19.4 Å². The lowest BCUT2D eigenvalue weighted by molar-refractivity contribution is -0.138. The van der Waals surface area contributed by atoms with Gasteiger partial charge in [-0.15, -0.1) is 0 Å². The first-order valence-corrected chi connectivity index (χ1v) is 8.36. The number of carboxylic acids is 1. The van der Waals surface area contributed by atoms with Crippen molar-refractivity contribution < 1.29 is 34.3 Å². The molecular weight excluding hydrogens is 313 g/mol. The quantitative estimate of drug-likeness (QED) is 0.391. The Labute approximate surface area is 127 Å². The van der Waals surface area contributed by atoms with E-state index in [1.165, 1.54) is 24.3 Å². The van der Waals surface area contributed by atoms with Gasteiger partial charge in [-0.2, -0.15) is 0 Å². The van der Waals surface area contributed by atoms with Crippen LogP contribution < -0.4 is 10.5 Å². The summed E-state index contributed by atoms with van der Waals surface area (Å²) in [6, 6.07) is 4.42. The first kappa shape index (κ1) is 18.5. The SMILES string of the molecule is N[C@@H](CC[P+](O)(O)C(=O)c1ccc(OCCO)cc1)C(=O)O. The summed E-state index contributed by atoms with van der Waals surface area (Å²) in [5.41, 5.74) is 4.51. The maximum absolute atomic E-state index is 12.1. The van der Waals surface area contributed by atoms with E-state index in [2.05, 4.69) is 0 Å². The molecule has 0 heterocycles. The molecule has 0 fully saturated rings. The van der Waals surface area contributed by atoms with Crippen LogP contribution in [0.1, 0.15) is 16.8 Å². The standard InChI is InChI=1S/C13H18NO7P/c14-11(12(16)17)5-8-22(19,20)13(18)9-1-3-10(4-2-9)21-7-6-15/h1-4,11,15,19-20H,5-8,14H2/p+1/t11-/m0/s1. The maximum atomic E-state index is 12.1. The smallest absolute Gasteiger partial charge is 0.356 e. The van der Waals surface area contributed by atoms with Gasteiger partial charge < -0.3 is 20.7 Å². The van der Waals surface area contributed by atoms with Crippen LogP contribution in [-0.2, 0) is 4.79 Å². The highest BCUT2D eigenvalue weighted by molar-refractivity contribution is 7.81. The van der Waals surface area contributed by atoms with Gasteiger partial charge in [0.05, 0.1) is 12.2 Å². The van der Waals surface area contributed by atoms with Gasteiger partial charge in [-0.1, -0.05) is 0 Å². The zero-order valence-electron chi connectivity index (χ0n) is 11.8. The van der Waals surface area contributed by atoms with Gasteiger partial charge in [0, 0.05) is 6.42 Å². The summed E-state index contributed by atoms with van der Waals surface area (Å²) in [7, 11) is -3.95. The Morgan fingerprint density at radius 1 is 1.23 bits per heavy atom. The molecule has 0 aliphatic rings. The van der Waals surface area contributed by atoms with Crippen LogP contribution in [0.25, 0.3) is 0 Å². The molecular formula is C13H19NO7P+. The lowest BCUT2D eigenvalue weighted by atomic mass is 10.2. The van der Waals surface area contributed by atoms with Crippen molar-refractivity contribution in [2.24, 2.45) is 5.73 Å². The molecule has 0 bridgehead atoms. The molecule has 0 amide bonds. The van der Waals surface area contributed by atoms with Gasteiger partial charge >= 0.3 is 19.2 Å². The predicted octanol–water partition coefficient (Wildman–Crippen LogP) is -0.168. The molecule has 0 saturated heterocycles. The summed E-state index contributed by atoms with van der Waals surface area (Å²) in [6.45, 7) is -0.0380. The van der Waals surface area contributed by atoms with Crippen molar-refractivity contribution in [1.82, 2.24) is 0 Å². The summed E-state index contributed by atoms with van der Waals surface area (Å²) >= 11 is 0. The number of carboxylic acid groups (broad SMARTS) is 1. The fraction of sp³-hybridized carbons (Fsp3) is 0.385. The number of ether oxygens (including phenoxy) is 1. The summed E-state index contributed by atoms with van der Waals surface area (Å²) in [6.07, 6.45) is -0.596. The van der Waals surface area contributed by atoms with Gasteiger partial charge in [-0.25, -0.2) is 14.6 Å². The van der Waals surface area contributed by atoms with E-state index < -0.39 is 25.3 Å². The van der Waals surface area contributed by atoms with Gasteiger partial charge in [-0.05, 0) is 24.3 Å². The number of aliphatic carboxylic acids is 1. The molecule has 0 aromatic heterocycles. The van der Waals surface area contributed by atoms with Gasteiger partial charge in [0.15, 0.2) is 0 Å². The van der Waals surface area contributed by atoms with Crippen molar-refractivity contribution in [2.45, 2.75) is 12.5 Å². The van der Waals surface area contributed by atoms with E-state index in [4.69, 9.17) is 20.7 Å². The number of nitrogens with two attached hydrogens (primary N) is 1. The molecule has 22 heavy (non-hydrogen) atoms. The normalized spacial score (nSPS) is 12.7. The molecule has 1 aromatic carbocycles. The summed E-state index contributed by atoms with van der Waals surface area (Å²) in [5.74, 6) is -0.837. The maximum Gasteiger partial charge on any atom is 0.356 e. The number of benzene rings is 1. The average Bonchev–Trinajstić information content (AvgIpc) is 2.50. The Morgan fingerprint density at radius 3 is 2.32 bits per heavy atom. The minimum Gasteiger partial charge on any atom is -0.491 e. The Morgan fingerprint density at radius 2 is 1.82 bits per heavy atom. The van der Waals surface area contributed by atoms with Crippen LogP contribution in [0.15, 0.2) is 24.3 Å². The van der Waals surface area contributed by atoms with Crippen LogP contribution in [0.2, 0.25) is 0 Å². The first-order chi connectivity index (χ1) is 10.3. The third-order valence-electron chi connectivity index (χ3n) is 2.86. The molecule has 9 heteroatoms. The number of aliphatic hydroxyl groups excluding tert-OH is 1. The van der Waals surface area contributed by atoms with Crippen LogP contribution >= 0.6 is 7.72 Å². The molecule has 1 atom stereocenters. The highest BCUT2D eigenvalue weighted by Crippen LogP contribution is 2.53. The molecule has 1 aromatic rings. The monoisotopic (exact) mass is 332 g/mol. The molecule has 0 aliphatic carbocycles. The summed E-state index contributed by atoms with van der Waals surface area (Å²) in [5, 5.41) is 17.3. The second-order valence-corrected chi connectivity index (χ2v) is 6.90. The molecule has 0 aliphatic heterocycles. The predicted molar refractivity (Wildman–Crippen MR) is 79.8 cm³/mol. The number of carbonyl (C=O) groups is 2. The van der Waals surface area contributed by atoms with E-state index in [-0.39, 0.29) is 31.4 Å². The van der Waals surface area contributed by atoms with Gasteiger partial charge in [0.2, 0.25) is 0 Å². The molecule has 0 radical (unpaired) electrons. The van der Waals surface area contributed by atoms with Crippen molar-refractivity contribution in [3.05, 3.63) is 29.8 Å². The fourth-order valence-corrected chi connectivity index (χ4v) is 3.01. The van der Waals surface area contributed by atoms with E-state index >= 15 is 0 Å². The van der Waals surface area contributed by atoms with Crippen molar-refractivity contribution in [1.29, 1.82) is 0 Å². The van der Waals surface area contributed by atoms with Gasteiger partial charge in [-0.3, -0.25) is 4.79 Å². The zero-order valence-corrected chi connectivity index (χ0v) is 12.6. The average molecular weight is 332 g/mol. The lowest BCUT2D eigenvalue weighted by Gasteiger charge is -2.12. The lowest BCUT2D eigenvalue weighted by Crippen LogP contribution is -2.31. The van der Waals surface area contributed by atoms with E-state index in [0.717, 1.165) is 0 Å². The van der Waals surface area contributed by atoms with Crippen LogP contribution in [0, 0.1) is 0 Å². The van der Waals surface area contributed by atoms with E-state index in [0.29, 0.717) is 5.75 Å². The topological polar surface area (TPSA) is 150 Å². The minimum absolute atomic E-state index is 0.0820. The largest absolute Gasteiger partial charge is 0.491 e. The molecule has 0 saturated carbocycles. The summed E-state index contributed by atoms with van der Waals surface area (Å²) in [4.78, 5) is 42.4. The van der Waals surface area contributed by atoms with Crippen molar-refractivity contribution in [3.63, 3.8) is 0 Å². The Balaban J connectivity index is 2.70. The third kappa shape index (κ3) is 5.32. The van der Waals surface area contributed by atoms with E-state index in [1.54, 1.807) is 0 Å². The summed E-state index contributed by atoms with van der Waals surface area (Å²) < 4.78 is 5.12. The Hall–Kier alpha value is -1.57. The number of carbonyl (C=O) groups excluding carboxylic acids is 1. The third-order valence-corrected chi connectivity index (χ3v) is 4.65. The van der Waals surface area contributed by atoms with Crippen LogP contribution in [0.5, 0.6) is 5.75 Å². The molecule has 122 valence electrons. The van der Waals surface area contributed by atoms with Crippen molar-refractivity contribution in [2.75, 3.05) is 19.4 Å². The minimum atomic E-state index is -3.95. The van der Waals surface area contributed by atoms with Crippen LogP contribution in [0.4, 0.5) is 0 Å². The van der Waals surface area contributed by atoms with Crippen LogP contribution in [-0.4, -0.2) is 56.9 Å². The van der Waals surface area contributed by atoms with Crippen LogP contribution in [0.3, 0.4) is 0 Å². The number of rotatable bonds is 9. The fourth-order valence-electron chi connectivity index (χ4n) is 1.61. The van der Waals surface area contributed by atoms with Crippen molar-refractivity contribution in [3.8, 4) is 5.75 Å². The molecule has 1 rings (SSSR count). The molecule has 0 spiro atoms. The number of aliphatic hydroxyl groups is 1. The van der Waals surface area contributed by atoms with Crippen molar-refractivity contribution >= 4 is 19.2 Å². The van der Waals surface area contributed by atoms with E-state index in [1.807, 2.05) is 0 Å². The number of hydrogen-bond donors (Lipinski definition) is 5. The molecule has 8 nitrogen and oxygen atoms in total. The first-order valence-electron chi connectivity index (χ1n) is 6.48.